The molecular weight excluding hydrogens is 360 g/mol. The highest BCUT2D eigenvalue weighted by molar-refractivity contribution is 5.45. The van der Waals surface area contributed by atoms with Crippen molar-refractivity contribution >= 4 is 0 Å². The van der Waals surface area contributed by atoms with Gasteiger partial charge in [-0.15, -0.1) is 0 Å². The summed E-state index contributed by atoms with van der Waals surface area (Å²) in [7, 11) is 6.56. The second-order valence-corrected chi connectivity index (χ2v) is 7.06. The van der Waals surface area contributed by atoms with E-state index < -0.39 is 0 Å². The average molecular weight is 386 g/mol. The maximum atomic E-state index is 6.20. The van der Waals surface area contributed by atoms with E-state index in [9.17, 15) is 0 Å². The molecule has 6 heteroatoms. The Morgan fingerprint density at radius 1 is 0.607 bits per heavy atom. The largest absolute Gasteiger partial charge is 0.493 e. The van der Waals surface area contributed by atoms with E-state index in [-0.39, 0.29) is 24.0 Å². The van der Waals surface area contributed by atoms with E-state index in [2.05, 4.69) is 0 Å². The Kier molecular flexibility index (Phi) is 5.33. The third kappa shape index (κ3) is 3.16. The van der Waals surface area contributed by atoms with Crippen LogP contribution < -0.4 is 18.9 Å². The Balaban J connectivity index is 1.57. The Labute approximate surface area is 165 Å². The van der Waals surface area contributed by atoms with Gasteiger partial charge in [0.2, 0.25) is 0 Å². The van der Waals surface area contributed by atoms with Crippen molar-refractivity contribution in [1.82, 2.24) is 0 Å². The van der Waals surface area contributed by atoms with Gasteiger partial charge in [0.25, 0.3) is 0 Å². The predicted octanol–water partition coefficient (Wildman–Crippen LogP) is 3.80. The van der Waals surface area contributed by atoms with Crippen LogP contribution >= 0.6 is 0 Å². The lowest BCUT2D eigenvalue weighted by Gasteiger charge is -2.18. The lowest BCUT2D eigenvalue weighted by atomic mass is 9.85. The summed E-state index contributed by atoms with van der Waals surface area (Å²) >= 11 is 0. The minimum Gasteiger partial charge on any atom is -0.493 e. The number of fused-ring (bicyclic) bond motifs is 1. The summed E-state index contributed by atoms with van der Waals surface area (Å²) in [5.74, 6) is 3.43. The molecule has 0 bridgehead atoms. The molecule has 4 atom stereocenters. The van der Waals surface area contributed by atoms with Crippen LogP contribution in [0.25, 0.3) is 0 Å². The molecule has 2 aromatic rings. The molecule has 0 saturated carbocycles. The van der Waals surface area contributed by atoms with Crippen molar-refractivity contribution < 1.29 is 28.4 Å². The third-order valence-corrected chi connectivity index (χ3v) is 5.74. The molecule has 2 aliphatic heterocycles. The zero-order valence-corrected chi connectivity index (χ0v) is 16.6. The lowest BCUT2D eigenvalue weighted by molar-refractivity contribution is 0.0191. The standard InChI is InChI=1S/C22H26O6/c1-23-17-7-5-13(9-19(17)25-3)21-15-11-28-22(16(15)12-27-21)14-6-8-18(24-2)20(10-14)26-4/h5-10,15-16,21-22H,11-12H2,1-4H3/t15?,16?,21-,22?/m0/s1. The molecule has 0 spiro atoms. The van der Waals surface area contributed by atoms with Gasteiger partial charge < -0.3 is 28.4 Å². The normalized spacial score (nSPS) is 26.0. The minimum atomic E-state index is -0.0186. The zero-order valence-electron chi connectivity index (χ0n) is 16.6. The fourth-order valence-electron chi connectivity index (χ4n) is 4.29. The molecule has 0 radical (unpaired) electrons. The van der Waals surface area contributed by atoms with E-state index >= 15 is 0 Å². The van der Waals surface area contributed by atoms with Crippen LogP contribution in [0, 0.1) is 11.8 Å². The van der Waals surface area contributed by atoms with Crippen LogP contribution in [0.15, 0.2) is 36.4 Å². The van der Waals surface area contributed by atoms with Crippen molar-refractivity contribution in [2.24, 2.45) is 11.8 Å². The Morgan fingerprint density at radius 3 is 1.36 bits per heavy atom. The summed E-state index contributed by atoms with van der Waals surface area (Å²) < 4.78 is 34.0. The molecule has 2 heterocycles. The molecule has 0 aromatic heterocycles. The van der Waals surface area contributed by atoms with Crippen molar-refractivity contribution in [3.8, 4) is 23.0 Å². The first kappa shape index (κ1) is 18.9. The van der Waals surface area contributed by atoms with Gasteiger partial charge in [-0.05, 0) is 35.4 Å². The van der Waals surface area contributed by atoms with Gasteiger partial charge in [0.1, 0.15) is 0 Å². The second-order valence-electron chi connectivity index (χ2n) is 7.06. The van der Waals surface area contributed by atoms with Crippen molar-refractivity contribution in [2.75, 3.05) is 41.7 Å². The Morgan fingerprint density at radius 2 is 1.00 bits per heavy atom. The Bertz CT molecular complexity index is 766. The number of ether oxygens (including phenoxy) is 6. The fourth-order valence-corrected chi connectivity index (χ4v) is 4.29. The van der Waals surface area contributed by atoms with Gasteiger partial charge in [-0.25, -0.2) is 0 Å². The zero-order chi connectivity index (χ0) is 19.7. The van der Waals surface area contributed by atoms with Gasteiger partial charge >= 0.3 is 0 Å². The van der Waals surface area contributed by atoms with Crippen LogP contribution in [0.1, 0.15) is 23.3 Å². The quantitative estimate of drug-likeness (QED) is 0.753. The summed E-state index contributed by atoms with van der Waals surface area (Å²) in [4.78, 5) is 0. The van der Waals surface area contributed by atoms with E-state index in [4.69, 9.17) is 28.4 Å². The molecule has 2 aromatic carbocycles. The molecular formula is C22H26O6. The Hall–Kier alpha value is -2.44. The van der Waals surface area contributed by atoms with Crippen LogP contribution in [0.5, 0.6) is 23.0 Å². The monoisotopic (exact) mass is 386 g/mol. The molecule has 6 nitrogen and oxygen atoms in total. The summed E-state index contributed by atoms with van der Waals surface area (Å²) in [6.07, 6.45) is -0.0371. The van der Waals surface area contributed by atoms with E-state index in [1.807, 2.05) is 36.4 Å². The highest BCUT2D eigenvalue weighted by atomic mass is 16.5. The number of hydrogen-bond acceptors (Lipinski definition) is 6. The predicted molar refractivity (Wildman–Crippen MR) is 103 cm³/mol. The molecule has 4 rings (SSSR count). The maximum Gasteiger partial charge on any atom is 0.161 e. The highest BCUT2D eigenvalue weighted by Gasteiger charge is 2.48. The van der Waals surface area contributed by atoms with Crippen molar-refractivity contribution in [3.05, 3.63) is 47.5 Å². The fraction of sp³-hybridized carbons (Fsp3) is 0.455. The number of rotatable bonds is 6. The number of methoxy groups -OCH3 is 4. The first-order valence-corrected chi connectivity index (χ1v) is 9.37. The summed E-state index contributed by atoms with van der Waals surface area (Å²) in [5, 5.41) is 0. The lowest BCUT2D eigenvalue weighted by Crippen LogP contribution is -2.14. The van der Waals surface area contributed by atoms with E-state index in [0.717, 1.165) is 11.1 Å². The summed E-state index contributed by atoms with van der Waals surface area (Å²) in [6, 6.07) is 11.9. The summed E-state index contributed by atoms with van der Waals surface area (Å²) in [5.41, 5.74) is 2.17. The molecule has 2 aliphatic rings. The van der Waals surface area contributed by atoms with Gasteiger partial charge in [-0.3, -0.25) is 0 Å². The molecule has 3 unspecified atom stereocenters. The van der Waals surface area contributed by atoms with Crippen LogP contribution in [-0.2, 0) is 9.47 Å². The number of benzene rings is 2. The molecule has 0 amide bonds. The van der Waals surface area contributed by atoms with Crippen molar-refractivity contribution in [3.63, 3.8) is 0 Å². The van der Waals surface area contributed by atoms with Crippen molar-refractivity contribution in [2.45, 2.75) is 12.2 Å². The van der Waals surface area contributed by atoms with Crippen LogP contribution in [-0.4, -0.2) is 41.7 Å². The smallest absolute Gasteiger partial charge is 0.161 e. The van der Waals surface area contributed by atoms with Crippen LogP contribution in [0.3, 0.4) is 0 Å². The van der Waals surface area contributed by atoms with Gasteiger partial charge in [-0.2, -0.15) is 0 Å². The van der Waals surface area contributed by atoms with Gasteiger partial charge in [0.05, 0.1) is 53.9 Å². The molecule has 150 valence electrons. The third-order valence-electron chi connectivity index (χ3n) is 5.74. The molecule has 2 saturated heterocycles. The molecule has 2 fully saturated rings. The van der Waals surface area contributed by atoms with Gasteiger partial charge in [0.15, 0.2) is 23.0 Å². The molecule has 0 aliphatic carbocycles. The van der Waals surface area contributed by atoms with Crippen LogP contribution in [0.2, 0.25) is 0 Å². The first-order valence-electron chi connectivity index (χ1n) is 9.37. The van der Waals surface area contributed by atoms with Crippen molar-refractivity contribution in [1.29, 1.82) is 0 Å². The van der Waals surface area contributed by atoms with E-state index in [1.165, 1.54) is 0 Å². The second kappa shape index (κ2) is 7.89. The molecule has 28 heavy (non-hydrogen) atoms. The molecule has 0 N–H and O–H groups in total. The number of hydrogen-bond donors (Lipinski definition) is 0. The van der Waals surface area contributed by atoms with Crippen LogP contribution in [0.4, 0.5) is 0 Å². The minimum absolute atomic E-state index is 0.0186. The first-order chi connectivity index (χ1) is 13.7. The average Bonchev–Trinajstić information content (AvgIpc) is 3.35. The topological polar surface area (TPSA) is 55.4 Å². The van der Waals surface area contributed by atoms with Gasteiger partial charge in [0, 0.05) is 11.8 Å². The van der Waals surface area contributed by atoms with E-state index in [0.29, 0.717) is 36.2 Å². The maximum absolute atomic E-state index is 6.20. The highest BCUT2D eigenvalue weighted by Crippen LogP contribution is 2.51. The van der Waals surface area contributed by atoms with Gasteiger partial charge in [-0.1, -0.05) is 12.1 Å². The SMILES string of the molecule is COc1ccc(C2OCC3C2CO[C@H]3c2ccc(OC)c(OC)c2)cc1OC. The van der Waals surface area contributed by atoms with E-state index in [1.54, 1.807) is 28.4 Å². The summed E-state index contributed by atoms with van der Waals surface area (Å²) in [6.45, 7) is 1.31.